The van der Waals surface area contributed by atoms with E-state index in [0.29, 0.717) is 5.56 Å². The Labute approximate surface area is 125 Å². The Hall–Kier alpha value is -1.03. The Morgan fingerprint density at radius 2 is 1.71 bits per heavy atom. The molecule has 0 aliphatic heterocycles. The molecule has 0 amide bonds. The first kappa shape index (κ1) is 18.0. The zero-order valence-corrected chi connectivity index (χ0v) is 13.0. The van der Waals surface area contributed by atoms with Gasteiger partial charge in [-0.2, -0.15) is 13.2 Å². The summed E-state index contributed by atoms with van der Waals surface area (Å²) in [6.45, 7) is 4.95. The number of rotatable bonds is 9. The van der Waals surface area contributed by atoms with Crippen LogP contribution in [0.15, 0.2) is 24.3 Å². The van der Waals surface area contributed by atoms with E-state index in [1.165, 1.54) is 44.2 Å². The Kier molecular flexibility index (Phi) is 7.79. The van der Waals surface area contributed by atoms with Gasteiger partial charge in [-0.05, 0) is 37.6 Å². The van der Waals surface area contributed by atoms with Crippen molar-refractivity contribution in [2.24, 2.45) is 0 Å². The Balaban J connectivity index is 2.34. The van der Waals surface area contributed by atoms with Gasteiger partial charge in [-0.25, -0.2) is 0 Å². The van der Waals surface area contributed by atoms with Gasteiger partial charge in [0, 0.05) is 6.04 Å². The van der Waals surface area contributed by atoms with Crippen molar-refractivity contribution in [1.29, 1.82) is 0 Å². The fourth-order valence-corrected chi connectivity index (χ4v) is 2.33. The number of halogens is 3. The summed E-state index contributed by atoms with van der Waals surface area (Å²) in [5.41, 5.74) is 0.115. The minimum atomic E-state index is -4.27. The molecule has 0 bridgehead atoms. The van der Waals surface area contributed by atoms with E-state index < -0.39 is 11.7 Å². The van der Waals surface area contributed by atoms with Crippen LogP contribution < -0.4 is 5.32 Å². The smallest absolute Gasteiger partial charge is 0.310 e. The summed E-state index contributed by atoms with van der Waals surface area (Å²) < 4.78 is 38.0. The van der Waals surface area contributed by atoms with Crippen LogP contribution in [-0.2, 0) is 6.18 Å². The minimum Gasteiger partial charge on any atom is -0.310 e. The molecule has 1 aromatic rings. The molecule has 0 aromatic heterocycles. The maximum atomic E-state index is 12.7. The van der Waals surface area contributed by atoms with Gasteiger partial charge in [0.25, 0.3) is 0 Å². The monoisotopic (exact) mass is 301 g/mol. The molecular weight excluding hydrogens is 275 g/mol. The van der Waals surface area contributed by atoms with Crippen LogP contribution >= 0.6 is 0 Å². The van der Waals surface area contributed by atoms with Crippen molar-refractivity contribution in [3.63, 3.8) is 0 Å². The standard InChI is InChI=1S/C17H26F3N/c1-3-4-5-6-7-8-12-21-14(2)15-10-9-11-16(13-15)17(18,19)20/h9-11,13-14,21H,3-8,12H2,1-2H3. The second-order valence-corrected chi connectivity index (χ2v) is 5.57. The van der Waals surface area contributed by atoms with Crippen molar-refractivity contribution in [3.8, 4) is 0 Å². The number of hydrogen-bond donors (Lipinski definition) is 1. The van der Waals surface area contributed by atoms with Crippen molar-refractivity contribution >= 4 is 0 Å². The predicted molar refractivity (Wildman–Crippen MR) is 81.2 cm³/mol. The van der Waals surface area contributed by atoms with Gasteiger partial charge < -0.3 is 5.32 Å². The third-order valence-electron chi connectivity index (χ3n) is 3.69. The third kappa shape index (κ3) is 6.98. The molecule has 4 heteroatoms. The van der Waals surface area contributed by atoms with Gasteiger partial charge in [0.2, 0.25) is 0 Å². The van der Waals surface area contributed by atoms with E-state index in [1.807, 2.05) is 6.92 Å². The lowest BCUT2D eigenvalue weighted by Crippen LogP contribution is -2.20. The van der Waals surface area contributed by atoms with Crippen molar-refractivity contribution in [2.75, 3.05) is 6.54 Å². The first-order chi connectivity index (χ1) is 9.95. The highest BCUT2D eigenvalue weighted by atomic mass is 19.4. The molecule has 0 heterocycles. The third-order valence-corrected chi connectivity index (χ3v) is 3.69. The molecule has 1 atom stereocenters. The molecule has 1 unspecified atom stereocenters. The van der Waals surface area contributed by atoms with E-state index in [2.05, 4.69) is 12.2 Å². The first-order valence-electron chi connectivity index (χ1n) is 7.85. The van der Waals surface area contributed by atoms with E-state index in [9.17, 15) is 13.2 Å². The first-order valence-corrected chi connectivity index (χ1v) is 7.85. The van der Waals surface area contributed by atoms with Crippen LogP contribution in [0.25, 0.3) is 0 Å². The molecule has 1 aromatic carbocycles. The summed E-state index contributed by atoms with van der Waals surface area (Å²) in [6.07, 6.45) is 3.04. The molecule has 0 radical (unpaired) electrons. The molecule has 0 spiro atoms. The summed E-state index contributed by atoms with van der Waals surface area (Å²) in [7, 11) is 0. The van der Waals surface area contributed by atoms with Crippen LogP contribution in [0, 0.1) is 0 Å². The molecule has 1 rings (SSSR count). The van der Waals surface area contributed by atoms with Gasteiger partial charge in [0.15, 0.2) is 0 Å². The summed E-state index contributed by atoms with van der Waals surface area (Å²) in [5.74, 6) is 0. The average molecular weight is 301 g/mol. The highest BCUT2D eigenvalue weighted by molar-refractivity contribution is 5.27. The highest BCUT2D eigenvalue weighted by Gasteiger charge is 2.30. The largest absolute Gasteiger partial charge is 0.416 e. The quantitative estimate of drug-likeness (QED) is 0.575. The topological polar surface area (TPSA) is 12.0 Å². The number of benzene rings is 1. The minimum absolute atomic E-state index is 0.0528. The Morgan fingerprint density at radius 1 is 1.05 bits per heavy atom. The predicted octanol–water partition coefficient (Wildman–Crippen LogP) is 5.72. The maximum Gasteiger partial charge on any atom is 0.416 e. The highest BCUT2D eigenvalue weighted by Crippen LogP contribution is 2.30. The van der Waals surface area contributed by atoms with Crippen molar-refractivity contribution in [1.82, 2.24) is 5.32 Å². The van der Waals surface area contributed by atoms with Gasteiger partial charge in [-0.1, -0.05) is 51.2 Å². The molecule has 0 fully saturated rings. The zero-order valence-electron chi connectivity index (χ0n) is 13.0. The number of nitrogens with one attached hydrogen (secondary N) is 1. The van der Waals surface area contributed by atoms with Crippen LogP contribution in [0.1, 0.15) is 69.5 Å². The van der Waals surface area contributed by atoms with Crippen molar-refractivity contribution in [3.05, 3.63) is 35.4 Å². The Morgan fingerprint density at radius 3 is 2.38 bits per heavy atom. The molecule has 120 valence electrons. The van der Waals surface area contributed by atoms with Gasteiger partial charge in [0.05, 0.1) is 5.56 Å². The van der Waals surface area contributed by atoms with Crippen LogP contribution in [0.4, 0.5) is 13.2 Å². The number of alkyl halides is 3. The fourth-order valence-electron chi connectivity index (χ4n) is 2.33. The van der Waals surface area contributed by atoms with Gasteiger partial charge >= 0.3 is 6.18 Å². The van der Waals surface area contributed by atoms with Crippen LogP contribution in [0.5, 0.6) is 0 Å². The van der Waals surface area contributed by atoms with E-state index in [4.69, 9.17) is 0 Å². The number of unbranched alkanes of at least 4 members (excludes halogenated alkanes) is 5. The summed E-state index contributed by atoms with van der Waals surface area (Å²) in [5, 5.41) is 3.30. The van der Waals surface area contributed by atoms with Crippen LogP contribution in [0.2, 0.25) is 0 Å². The van der Waals surface area contributed by atoms with Crippen LogP contribution in [0.3, 0.4) is 0 Å². The van der Waals surface area contributed by atoms with Crippen molar-refractivity contribution < 1.29 is 13.2 Å². The van der Waals surface area contributed by atoms with E-state index >= 15 is 0 Å². The van der Waals surface area contributed by atoms with Gasteiger partial charge in [-0.15, -0.1) is 0 Å². The molecule has 0 aliphatic carbocycles. The second kappa shape index (κ2) is 9.08. The maximum absolute atomic E-state index is 12.7. The summed E-state index contributed by atoms with van der Waals surface area (Å²) >= 11 is 0. The summed E-state index contributed by atoms with van der Waals surface area (Å²) in [4.78, 5) is 0. The van der Waals surface area contributed by atoms with E-state index in [-0.39, 0.29) is 6.04 Å². The normalized spacial score (nSPS) is 13.4. The van der Waals surface area contributed by atoms with E-state index in [1.54, 1.807) is 6.07 Å². The zero-order chi connectivity index (χ0) is 15.7. The molecular formula is C17H26F3N. The van der Waals surface area contributed by atoms with Crippen LogP contribution in [-0.4, -0.2) is 6.54 Å². The molecule has 1 N–H and O–H groups in total. The number of hydrogen-bond acceptors (Lipinski definition) is 1. The molecule has 0 aliphatic rings. The summed E-state index contributed by atoms with van der Waals surface area (Å²) in [6, 6.07) is 5.51. The second-order valence-electron chi connectivity index (χ2n) is 5.57. The Bertz CT molecular complexity index is 401. The fraction of sp³-hybridized carbons (Fsp3) is 0.647. The molecule has 0 saturated heterocycles. The molecule has 1 nitrogen and oxygen atoms in total. The lowest BCUT2D eigenvalue weighted by Gasteiger charge is -2.16. The van der Waals surface area contributed by atoms with Crippen molar-refractivity contribution in [2.45, 2.75) is 64.6 Å². The van der Waals surface area contributed by atoms with E-state index in [0.717, 1.165) is 19.0 Å². The lowest BCUT2D eigenvalue weighted by atomic mass is 10.0. The molecule has 21 heavy (non-hydrogen) atoms. The van der Waals surface area contributed by atoms with Gasteiger partial charge in [0.1, 0.15) is 0 Å². The average Bonchev–Trinajstić information content (AvgIpc) is 2.45. The lowest BCUT2D eigenvalue weighted by molar-refractivity contribution is -0.137. The SMILES string of the molecule is CCCCCCCCNC(C)c1cccc(C(F)(F)F)c1. The van der Waals surface area contributed by atoms with Gasteiger partial charge in [-0.3, -0.25) is 0 Å². The molecule has 0 saturated carbocycles.